The summed E-state index contributed by atoms with van der Waals surface area (Å²) < 4.78 is 0.989. The van der Waals surface area contributed by atoms with Crippen LogP contribution in [-0.4, -0.2) is 11.6 Å². The van der Waals surface area contributed by atoms with Crippen LogP contribution >= 0.6 is 34.5 Å². The van der Waals surface area contributed by atoms with Gasteiger partial charge >= 0.3 is 0 Å². The summed E-state index contributed by atoms with van der Waals surface area (Å²) in [5, 5.41) is 6.16. The largest absolute Gasteiger partial charge is 0.283 e. The predicted octanol–water partition coefficient (Wildman–Crippen LogP) is 5.67. The summed E-state index contributed by atoms with van der Waals surface area (Å²) in [6, 6.07) is 13.2. The number of carbonyl (C=O) groups is 1. The van der Waals surface area contributed by atoms with Gasteiger partial charge in [-0.25, -0.2) is 5.43 Å². The summed E-state index contributed by atoms with van der Waals surface area (Å²) in [6.07, 6.45) is 0. The highest BCUT2D eigenvalue weighted by Crippen LogP contribution is 2.35. The van der Waals surface area contributed by atoms with Crippen molar-refractivity contribution in [1.82, 2.24) is 5.43 Å². The Labute approximate surface area is 153 Å². The van der Waals surface area contributed by atoms with E-state index in [9.17, 15) is 4.79 Å². The molecule has 24 heavy (non-hydrogen) atoms. The van der Waals surface area contributed by atoms with Gasteiger partial charge in [0, 0.05) is 15.1 Å². The van der Waals surface area contributed by atoms with E-state index >= 15 is 0 Å². The molecule has 2 aromatic carbocycles. The first kappa shape index (κ1) is 17.0. The minimum atomic E-state index is -0.313. The molecule has 0 fully saturated rings. The van der Waals surface area contributed by atoms with Crippen molar-refractivity contribution in [3.8, 4) is 0 Å². The maximum atomic E-state index is 12.4. The Kier molecular flexibility index (Phi) is 4.90. The number of rotatable bonds is 3. The van der Waals surface area contributed by atoms with Crippen LogP contribution in [0.1, 0.15) is 27.7 Å². The van der Waals surface area contributed by atoms with E-state index in [4.69, 9.17) is 23.2 Å². The number of halogens is 2. The second kappa shape index (κ2) is 6.93. The summed E-state index contributed by atoms with van der Waals surface area (Å²) in [6.45, 7) is 3.83. The molecule has 1 aromatic heterocycles. The van der Waals surface area contributed by atoms with Crippen LogP contribution in [-0.2, 0) is 0 Å². The van der Waals surface area contributed by atoms with E-state index in [2.05, 4.69) is 10.5 Å². The molecule has 3 aromatic rings. The van der Waals surface area contributed by atoms with Gasteiger partial charge in [-0.15, -0.1) is 11.3 Å². The van der Waals surface area contributed by atoms with Crippen molar-refractivity contribution < 1.29 is 4.79 Å². The van der Waals surface area contributed by atoms with Crippen LogP contribution in [0.25, 0.3) is 10.1 Å². The van der Waals surface area contributed by atoms with E-state index in [-0.39, 0.29) is 5.91 Å². The van der Waals surface area contributed by atoms with Crippen LogP contribution < -0.4 is 5.43 Å². The third-order valence-corrected chi connectivity index (χ3v) is 5.49. The highest BCUT2D eigenvalue weighted by Gasteiger charge is 2.17. The highest BCUT2D eigenvalue weighted by molar-refractivity contribution is 7.21. The van der Waals surface area contributed by atoms with Crippen molar-refractivity contribution in [2.24, 2.45) is 5.10 Å². The van der Waals surface area contributed by atoms with Gasteiger partial charge in [0.05, 0.1) is 10.7 Å². The van der Waals surface area contributed by atoms with E-state index < -0.39 is 0 Å². The Morgan fingerprint density at radius 1 is 1.12 bits per heavy atom. The molecule has 0 atom stereocenters. The van der Waals surface area contributed by atoms with Gasteiger partial charge in [-0.3, -0.25) is 4.79 Å². The van der Waals surface area contributed by atoms with Crippen molar-refractivity contribution in [1.29, 1.82) is 0 Å². The lowest BCUT2D eigenvalue weighted by molar-refractivity contribution is 0.0959. The summed E-state index contributed by atoms with van der Waals surface area (Å²) >= 11 is 13.6. The third-order valence-electron chi connectivity index (χ3n) is 3.58. The molecule has 0 saturated heterocycles. The molecule has 6 heteroatoms. The van der Waals surface area contributed by atoms with Gasteiger partial charge in [-0.2, -0.15) is 5.10 Å². The zero-order chi connectivity index (χ0) is 17.3. The number of thiophene rings is 1. The van der Waals surface area contributed by atoms with E-state index in [1.165, 1.54) is 11.3 Å². The molecule has 0 unspecified atom stereocenters. The van der Waals surface area contributed by atoms with Crippen LogP contribution in [0.3, 0.4) is 0 Å². The lowest BCUT2D eigenvalue weighted by atomic mass is 10.1. The van der Waals surface area contributed by atoms with Gasteiger partial charge in [0.15, 0.2) is 0 Å². The normalized spacial score (nSPS) is 11.8. The summed E-state index contributed by atoms with van der Waals surface area (Å²) in [4.78, 5) is 12.9. The topological polar surface area (TPSA) is 41.5 Å². The van der Waals surface area contributed by atoms with E-state index in [0.29, 0.717) is 20.6 Å². The number of hydrogen-bond donors (Lipinski definition) is 1. The molecular formula is C18H14Cl2N2OS. The van der Waals surface area contributed by atoms with Crippen molar-refractivity contribution >= 4 is 56.2 Å². The number of nitrogens with zero attached hydrogens (tertiary/aromatic N) is 1. The summed E-state index contributed by atoms with van der Waals surface area (Å²) in [5.41, 5.74) is 5.27. The minimum absolute atomic E-state index is 0.313. The minimum Gasteiger partial charge on any atom is -0.266 e. The number of fused-ring (bicyclic) bond motifs is 1. The number of amides is 1. The van der Waals surface area contributed by atoms with Crippen LogP contribution in [0.2, 0.25) is 10.0 Å². The first-order valence-corrected chi connectivity index (χ1v) is 8.82. The van der Waals surface area contributed by atoms with E-state index in [1.54, 1.807) is 12.1 Å². The Hall–Kier alpha value is -1.88. The van der Waals surface area contributed by atoms with Crippen LogP contribution in [0, 0.1) is 6.92 Å². The molecule has 0 aliphatic heterocycles. The Balaban J connectivity index is 1.83. The van der Waals surface area contributed by atoms with Crippen LogP contribution in [0.5, 0.6) is 0 Å². The second-order valence-corrected chi connectivity index (χ2v) is 7.26. The molecule has 0 spiro atoms. The maximum absolute atomic E-state index is 12.4. The van der Waals surface area contributed by atoms with Gasteiger partial charge in [0.25, 0.3) is 5.91 Å². The smallest absolute Gasteiger partial charge is 0.266 e. The molecule has 3 rings (SSSR count). The molecular weight excluding hydrogens is 363 g/mol. The zero-order valence-corrected chi connectivity index (χ0v) is 15.4. The quantitative estimate of drug-likeness (QED) is 0.464. The van der Waals surface area contributed by atoms with Gasteiger partial charge in [-0.1, -0.05) is 47.5 Å². The number of benzene rings is 2. The maximum Gasteiger partial charge on any atom is 0.283 e. The van der Waals surface area contributed by atoms with Gasteiger partial charge in [-0.05, 0) is 43.2 Å². The SMILES string of the molecule is CC(=NNC(=O)c1sc2cc(C)ccc2c1Cl)c1ccc(Cl)cc1. The lowest BCUT2D eigenvalue weighted by Crippen LogP contribution is -2.18. The number of nitrogens with one attached hydrogen (secondary N) is 1. The second-order valence-electron chi connectivity index (χ2n) is 5.39. The van der Waals surface area contributed by atoms with Gasteiger partial charge < -0.3 is 0 Å². The summed E-state index contributed by atoms with van der Waals surface area (Å²) in [7, 11) is 0. The van der Waals surface area contributed by atoms with Crippen molar-refractivity contribution in [3.05, 3.63) is 68.5 Å². The predicted molar refractivity (Wildman–Crippen MR) is 103 cm³/mol. The lowest BCUT2D eigenvalue weighted by Gasteiger charge is -2.02. The van der Waals surface area contributed by atoms with Gasteiger partial charge in [0.1, 0.15) is 4.88 Å². The standard InChI is InChI=1S/C18H14Cl2N2OS/c1-10-3-8-14-15(9-10)24-17(16(14)20)18(23)22-21-11(2)12-4-6-13(19)7-5-12/h3-9H,1-2H3,(H,22,23). The summed E-state index contributed by atoms with van der Waals surface area (Å²) in [5.74, 6) is -0.313. The molecule has 0 aliphatic carbocycles. The Morgan fingerprint density at radius 2 is 1.83 bits per heavy atom. The van der Waals surface area contributed by atoms with Gasteiger partial charge in [0.2, 0.25) is 0 Å². The molecule has 1 amide bonds. The molecule has 122 valence electrons. The fraction of sp³-hybridized carbons (Fsp3) is 0.111. The first-order chi connectivity index (χ1) is 11.5. The molecule has 0 radical (unpaired) electrons. The first-order valence-electron chi connectivity index (χ1n) is 7.25. The number of hydrogen-bond acceptors (Lipinski definition) is 3. The monoisotopic (exact) mass is 376 g/mol. The van der Waals surface area contributed by atoms with Crippen LogP contribution in [0.4, 0.5) is 0 Å². The van der Waals surface area contributed by atoms with Crippen LogP contribution in [0.15, 0.2) is 47.6 Å². The molecule has 0 aliphatic rings. The van der Waals surface area contributed by atoms with Crippen molar-refractivity contribution in [3.63, 3.8) is 0 Å². The molecule has 3 nitrogen and oxygen atoms in total. The fourth-order valence-corrected chi connectivity index (χ4v) is 3.89. The average Bonchev–Trinajstić information content (AvgIpc) is 2.89. The third kappa shape index (κ3) is 3.46. The molecule has 1 N–H and O–H groups in total. The number of carbonyl (C=O) groups excluding carboxylic acids is 1. The average molecular weight is 377 g/mol. The number of aryl methyl sites for hydroxylation is 1. The van der Waals surface area contributed by atoms with Crippen molar-refractivity contribution in [2.75, 3.05) is 0 Å². The molecule has 0 saturated carbocycles. The fourth-order valence-electron chi connectivity index (χ4n) is 2.26. The molecule has 1 heterocycles. The van der Waals surface area contributed by atoms with E-state index in [0.717, 1.165) is 21.2 Å². The zero-order valence-electron chi connectivity index (χ0n) is 13.1. The molecule has 0 bridgehead atoms. The van der Waals surface area contributed by atoms with Crippen molar-refractivity contribution in [2.45, 2.75) is 13.8 Å². The van der Waals surface area contributed by atoms with E-state index in [1.807, 2.05) is 44.2 Å². The highest BCUT2D eigenvalue weighted by atomic mass is 35.5. The number of hydrazone groups is 1. The Morgan fingerprint density at radius 3 is 2.54 bits per heavy atom. The Bertz CT molecular complexity index is 946.